The van der Waals surface area contributed by atoms with Gasteiger partial charge in [-0.25, -0.2) is 4.57 Å². The van der Waals surface area contributed by atoms with E-state index in [1.54, 1.807) is 0 Å². The molecule has 0 spiro atoms. The van der Waals surface area contributed by atoms with Crippen molar-refractivity contribution >= 4 is 33.0 Å². The van der Waals surface area contributed by atoms with Gasteiger partial charge in [0.2, 0.25) is 0 Å². The van der Waals surface area contributed by atoms with Crippen molar-refractivity contribution in [3.8, 4) is 17.1 Å². The molecule has 3 heterocycles. The number of fused-ring (bicyclic) bond motifs is 4. The van der Waals surface area contributed by atoms with Gasteiger partial charge in [-0.3, -0.25) is 4.98 Å². The van der Waals surface area contributed by atoms with E-state index in [1.165, 1.54) is 38.6 Å². The Morgan fingerprint density at radius 3 is 2.36 bits per heavy atom. The first-order chi connectivity index (χ1) is 17.4. The lowest BCUT2D eigenvalue weighted by Crippen LogP contribution is -2.30. The number of aryl methyl sites for hydroxylation is 2. The van der Waals surface area contributed by atoms with Crippen molar-refractivity contribution in [1.29, 1.82) is 0 Å². The Morgan fingerprint density at radius 1 is 0.861 bits per heavy atom. The van der Waals surface area contributed by atoms with Crippen LogP contribution in [-0.4, -0.2) is 9.55 Å². The fourth-order valence-corrected chi connectivity index (χ4v) is 5.68. The third-order valence-corrected chi connectivity index (χ3v) is 7.39. The second-order valence-electron chi connectivity index (χ2n) is 10.4. The van der Waals surface area contributed by atoms with Crippen LogP contribution in [0.1, 0.15) is 56.4 Å². The van der Waals surface area contributed by atoms with E-state index in [4.69, 9.17) is 4.42 Å². The number of aromatic nitrogens is 3. The van der Waals surface area contributed by atoms with Crippen molar-refractivity contribution in [1.82, 2.24) is 9.55 Å². The van der Waals surface area contributed by atoms with Crippen LogP contribution in [0.2, 0.25) is 0 Å². The third-order valence-electron chi connectivity index (χ3n) is 7.39. The molecule has 180 valence electrons. The highest BCUT2D eigenvalue weighted by Gasteiger charge is 2.33. The van der Waals surface area contributed by atoms with Crippen molar-refractivity contribution < 1.29 is 8.98 Å². The fourth-order valence-electron chi connectivity index (χ4n) is 5.68. The third kappa shape index (κ3) is 3.21. The lowest BCUT2D eigenvalue weighted by Gasteiger charge is -2.19. The molecule has 0 amide bonds. The zero-order valence-electron chi connectivity index (χ0n) is 21.8. The molecule has 0 bridgehead atoms. The van der Waals surface area contributed by atoms with Crippen LogP contribution < -0.4 is 4.57 Å². The summed E-state index contributed by atoms with van der Waals surface area (Å²) in [6.45, 7) is 11.2. The summed E-state index contributed by atoms with van der Waals surface area (Å²) in [4.78, 5) is 4.65. The molecular formula is C32H32N3O+. The fraction of sp³-hybridized carbons (Fsp3) is 0.250. The molecule has 36 heavy (non-hydrogen) atoms. The van der Waals surface area contributed by atoms with Crippen LogP contribution in [-0.2, 0) is 7.05 Å². The highest BCUT2D eigenvalue weighted by atomic mass is 16.3. The Hall–Kier alpha value is -3.92. The molecule has 0 aliphatic rings. The van der Waals surface area contributed by atoms with Gasteiger partial charge in [0.25, 0.3) is 5.82 Å². The average molecular weight is 475 g/mol. The summed E-state index contributed by atoms with van der Waals surface area (Å²) in [5, 5.41) is 2.37. The van der Waals surface area contributed by atoms with E-state index in [2.05, 4.69) is 110 Å². The predicted molar refractivity (Wildman–Crippen MR) is 148 cm³/mol. The van der Waals surface area contributed by atoms with E-state index in [0.29, 0.717) is 5.92 Å². The van der Waals surface area contributed by atoms with Crippen molar-refractivity contribution in [2.24, 2.45) is 7.05 Å². The topological polar surface area (TPSA) is 34.8 Å². The Balaban J connectivity index is 1.87. The maximum absolute atomic E-state index is 6.60. The van der Waals surface area contributed by atoms with Crippen LogP contribution in [0.15, 0.2) is 77.3 Å². The van der Waals surface area contributed by atoms with Crippen LogP contribution in [0.5, 0.6) is 0 Å². The molecule has 0 saturated heterocycles. The first-order valence-corrected chi connectivity index (χ1v) is 12.8. The van der Waals surface area contributed by atoms with Crippen LogP contribution in [0.3, 0.4) is 0 Å². The van der Waals surface area contributed by atoms with Gasteiger partial charge in [0.15, 0.2) is 11.0 Å². The summed E-state index contributed by atoms with van der Waals surface area (Å²) in [6, 6.07) is 23.6. The summed E-state index contributed by atoms with van der Waals surface area (Å²) in [7, 11) is 2.16. The molecule has 0 aliphatic heterocycles. The Labute approximate surface area is 211 Å². The van der Waals surface area contributed by atoms with E-state index in [9.17, 15) is 0 Å². The molecule has 4 nitrogen and oxygen atoms in total. The Morgan fingerprint density at radius 2 is 1.61 bits per heavy atom. The van der Waals surface area contributed by atoms with Crippen LogP contribution in [0, 0.1) is 6.92 Å². The van der Waals surface area contributed by atoms with E-state index in [1.807, 2.05) is 18.3 Å². The molecule has 0 radical (unpaired) electrons. The molecule has 3 aromatic heterocycles. The Bertz CT molecular complexity index is 1770. The summed E-state index contributed by atoms with van der Waals surface area (Å²) in [5.41, 5.74) is 10.2. The first-order valence-electron chi connectivity index (χ1n) is 12.8. The molecule has 0 fully saturated rings. The highest BCUT2D eigenvalue weighted by molar-refractivity contribution is 6.07. The summed E-state index contributed by atoms with van der Waals surface area (Å²) in [6.07, 6.45) is 1.87. The van der Waals surface area contributed by atoms with Gasteiger partial charge >= 0.3 is 0 Å². The number of imidazole rings is 1. The van der Waals surface area contributed by atoms with E-state index < -0.39 is 0 Å². The number of hydrogen-bond donors (Lipinski definition) is 0. The maximum Gasteiger partial charge on any atom is 0.296 e. The smallest absolute Gasteiger partial charge is 0.296 e. The molecule has 0 unspecified atom stereocenters. The highest BCUT2D eigenvalue weighted by Crippen LogP contribution is 2.43. The molecule has 3 aromatic carbocycles. The number of para-hydroxylation sites is 3. The molecule has 0 N–H and O–H groups in total. The normalized spacial score (nSPS) is 12.1. The van der Waals surface area contributed by atoms with Gasteiger partial charge in [0, 0.05) is 28.1 Å². The van der Waals surface area contributed by atoms with Gasteiger partial charge in [-0.05, 0) is 55.2 Å². The minimum absolute atomic E-state index is 0.260. The van der Waals surface area contributed by atoms with Crippen molar-refractivity contribution in [3.05, 3.63) is 89.7 Å². The minimum Gasteiger partial charge on any atom is -0.456 e. The summed E-state index contributed by atoms with van der Waals surface area (Å²) < 4.78 is 11.4. The molecule has 6 aromatic rings. The largest absolute Gasteiger partial charge is 0.456 e. The van der Waals surface area contributed by atoms with Crippen molar-refractivity contribution in [2.75, 3.05) is 0 Å². The molecule has 4 heteroatoms. The minimum atomic E-state index is 0.260. The number of nitrogens with zero attached hydrogens (tertiary/aromatic N) is 3. The molecule has 0 atom stereocenters. The first kappa shape index (κ1) is 22.5. The maximum atomic E-state index is 6.60. The molecule has 6 rings (SSSR count). The van der Waals surface area contributed by atoms with Gasteiger partial charge < -0.3 is 4.42 Å². The average Bonchev–Trinajstić information content (AvgIpc) is 3.38. The lowest BCUT2D eigenvalue weighted by atomic mass is 9.89. The van der Waals surface area contributed by atoms with Crippen molar-refractivity contribution in [2.45, 2.75) is 46.5 Å². The molecule has 0 saturated carbocycles. The number of pyridine rings is 1. The van der Waals surface area contributed by atoms with Crippen LogP contribution in [0.4, 0.5) is 0 Å². The summed E-state index contributed by atoms with van der Waals surface area (Å²) >= 11 is 0. The SMILES string of the molecule is Cc1ncccc1-c1n(-c2c(C(C)C)cc3c(oc4ccccc43)c2C(C)C)c2ccccc2[n+]1C. The number of benzene rings is 3. The monoisotopic (exact) mass is 474 g/mol. The predicted octanol–water partition coefficient (Wildman–Crippen LogP) is 7.97. The standard InChI is InChI=1S/C32H32N3O/c1-19(2)24-18-25-23-12-7-10-16-28(23)36-31(25)29(20(3)4)30(24)35-27-15-9-8-14-26(27)34(6)32(35)22-13-11-17-33-21(22)5/h7-20H,1-6H3/q+1. The van der Waals surface area contributed by atoms with Gasteiger partial charge in [-0.2, -0.15) is 4.57 Å². The number of furan rings is 1. The van der Waals surface area contributed by atoms with Gasteiger partial charge in [-0.15, -0.1) is 0 Å². The summed E-state index contributed by atoms with van der Waals surface area (Å²) in [5.74, 6) is 1.71. The second-order valence-corrected chi connectivity index (χ2v) is 10.4. The van der Waals surface area contributed by atoms with Gasteiger partial charge in [0.1, 0.15) is 16.9 Å². The quantitative estimate of drug-likeness (QED) is 0.243. The zero-order valence-corrected chi connectivity index (χ0v) is 21.8. The zero-order chi connectivity index (χ0) is 25.1. The lowest BCUT2D eigenvalue weighted by molar-refractivity contribution is -0.633. The number of hydrogen-bond acceptors (Lipinski definition) is 2. The van der Waals surface area contributed by atoms with Crippen molar-refractivity contribution in [3.63, 3.8) is 0 Å². The van der Waals surface area contributed by atoms with Crippen LogP contribution >= 0.6 is 0 Å². The van der Waals surface area contributed by atoms with E-state index in [-0.39, 0.29) is 5.92 Å². The molecule has 0 aliphatic carbocycles. The molecular weight excluding hydrogens is 442 g/mol. The van der Waals surface area contributed by atoms with E-state index >= 15 is 0 Å². The van der Waals surface area contributed by atoms with Gasteiger partial charge in [-0.1, -0.05) is 58.0 Å². The van der Waals surface area contributed by atoms with E-state index in [0.717, 1.165) is 28.2 Å². The Kier molecular flexibility index (Phi) is 5.22. The van der Waals surface area contributed by atoms with Gasteiger partial charge in [0.05, 0.1) is 18.3 Å². The second kappa shape index (κ2) is 8.34. The number of rotatable bonds is 4. The van der Waals surface area contributed by atoms with Crippen LogP contribution in [0.25, 0.3) is 50.0 Å².